The molecule has 0 aromatic heterocycles. The van der Waals surface area contributed by atoms with Crippen LogP contribution in [0.3, 0.4) is 0 Å². The van der Waals surface area contributed by atoms with Crippen molar-refractivity contribution in [2.45, 2.75) is 41.5 Å². The van der Waals surface area contributed by atoms with E-state index in [4.69, 9.17) is 70.1 Å². The summed E-state index contributed by atoms with van der Waals surface area (Å²) in [5.41, 5.74) is 3.39. The van der Waals surface area contributed by atoms with Gasteiger partial charge in [0.2, 0.25) is 0 Å². The molecule has 0 saturated heterocycles. The van der Waals surface area contributed by atoms with Crippen LogP contribution in [-0.2, 0) is 0 Å². The van der Waals surface area contributed by atoms with Gasteiger partial charge in [-0.25, -0.2) is 0 Å². The molecule has 0 amide bonds. The third-order valence-corrected chi connectivity index (χ3v) is 24.7. The van der Waals surface area contributed by atoms with Gasteiger partial charge < -0.3 is 20.4 Å². The molecular weight excluding hydrogens is 1080 g/mol. The van der Waals surface area contributed by atoms with Gasteiger partial charge in [-0.15, -0.1) is 0 Å². The third kappa shape index (κ3) is 33.0. The molecule has 3 rings (SSSR count). The average Bonchev–Trinajstić information content (AvgIpc) is 3.20. The molecule has 2 N–H and O–H groups in total. The molecule has 0 spiro atoms. The molecule has 0 atom stereocenters. The molecule has 0 bridgehead atoms. The van der Waals surface area contributed by atoms with E-state index < -0.39 is 34.4 Å². The number of halogens is 7. The van der Waals surface area contributed by atoms with Crippen molar-refractivity contribution in [3.8, 4) is 0 Å². The van der Waals surface area contributed by atoms with Gasteiger partial charge in [0.25, 0.3) is 0 Å². The molecule has 19 heteroatoms. The van der Waals surface area contributed by atoms with Gasteiger partial charge in [-0.2, -0.15) is 0 Å². The van der Waals surface area contributed by atoms with Crippen LogP contribution in [0.25, 0.3) is 0 Å². The Balaban J connectivity index is -0.000000327. The maximum atomic E-state index is 5.86. The van der Waals surface area contributed by atoms with E-state index in [0.717, 1.165) is 11.4 Å². The van der Waals surface area contributed by atoms with Crippen LogP contribution in [0.4, 0.5) is 17.1 Å². The van der Waals surface area contributed by atoms with E-state index in [1.54, 1.807) is 3.86 Å². The Hall–Kier alpha value is 0.479. The number of nitrogens with one attached hydrogen (secondary N) is 2. The zero-order valence-corrected chi connectivity index (χ0v) is 51.3. The molecule has 3 aromatic rings. The maximum absolute atomic E-state index is 5.86. The van der Waals surface area contributed by atoms with Crippen LogP contribution < -0.4 is 18.3 Å². The van der Waals surface area contributed by atoms with Crippen LogP contribution in [0.5, 0.6) is 0 Å². The fraction of sp³-hybridized carbons (Fsp3) is 0.561. The molecule has 0 aliphatic heterocycles. The molecule has 0 aliphatic carbocycles. The minimum absolute atomic E-state index is 0.956. The predicted octanol–water partition coefficient (Wildman–Crippen LogP) is 11.2. The van der Waals surface area contributed by atoms with Gasteiger partial charge in [0.05, 0.1) is 0 Å². The Morgan fingerprint density at radius 3 is 0.817 bits per heavy atom. The minimum atomic E-state index is -3.23. The van der Waals surface area contributed by atoms with Gasteiger partial charge in [0, 0.05) is 12.7 Å². The second kappa shape index (κ2) is 39.8. The molecule has 0 fully saturated rings. The normalized spacial score (nSPS) is 10.9. The molecule has 9 nitrogen and oxygen atoms in total. The van der Waals surface area contributed by atoms with E-state index in [1.165, 1.54) is 45.0 Å². The summed E-state index contributed by atoms with van der Waals surface area (Å²) in [6.07, 6.45) is 0. The van der Waals surface area contributed by atoms with Crippen molar-refractivity contribution in [1.82, 2.24) is 26.7 Å². The van der Waals surface area contributed by atoms with Crippen LogP contribution in [0, 0.1) is 0 Å². The molecule has 350 valence electrons. The van der Waals surface area contributed by atoms with Gasteiger partial charge in [0.15, 0.2) is 0 Å². The molecule has 3 aromatic carbocycles. The predicted molar refractivity (Wildman–Crippen MR) is 287 cm³/mol. The van der Waals surface area contributed by atoms with Crippen molar-refractivity contribution in [2.24, 2.45) is 0 Å². The number of nitrogens with zero attached hydrogens (tertiary/aromatic N) is 7. The van der Waals surface area contributed by atoms with Crippen molar-refractivity contribution in [3.63, 3.8) is 0 Å². The quantitative estimate of drug-likeness (QED) is 0.154. The number of rotatable bonds is 14. The van der Waals surface area contributed by atoms with Gasteiger partial charge in [-0.05, 0) is 65.5 Å². The summed E-state index contributed by atoms with van der Waals surface area (Å²) in [7, 11) is 54.1. The van der Waals surface area contributed by atoms with Gasteiger partial charge in [0.1, 0.15) is 0 Å². The fourth-order valence-corrected chi connectivity index (χ4v) is 18.0. The zero-order valence-electron chi connectivity index (χ0n) is 39.7. The van der Waals surface area contributed by atoms with Crippen molar-refractivity contribution >= 4 is 122 Å². The zero-order chi connectivity index (χ0) is 47.5. The van der Waals surface area contributed by atoms with Crippen molar-refractivity contribution in [2.75, 3.05) is 130 Å². The van der Waals surface area contributed by atoms with E-state index in [1.807, 2.05) is 88.9 Å². The molecule has 0 saturated carbocycles. The Kier molecular flexibility index (Phi) is 44.5. The summed E-state index contributed by atoms with van der Waals surface area (Å²) in [6, 6.07) is 30.3. The first-order valence-corrected chi connectivity index (χ1v) is 44.1. The summed E-state index contributed by atoms with van der Waals surface area (Å²) in [5, 5.41) is 5.78. The summed E-state index contributed by atoms with van der Waals surface area (Å²) in [5.74, 6) is 0. The van der Waals surface area contributed by atoms with Gasteiger partial charge in [-0.3, -0.25) is 0 Å². The van der Waals surface area contributed by atoms with Crippen LogP contribution in [0.1, 0.15) is 41.5 Å². The van der Waals surface area contributed by atoms with Crippen LogP contribution in [0.15, 0.2) is 91.0 Å². The van der Waals surface area contributed by atoms with Crippen molar-refractivity contribution in [3.05, 3.63) is 91.0 Å². The van der Waals surface area contributed by atoms with Gasteiger partial charge in [-0.1, -0.05) is 59.7 Å². The molecule has 0 radical (unpaired) electrons. The second-order valence-electron chi connectivity index (χ2n) is 13.3. The first-order chi connectivity index (χ1) is 27.9. The van der Waals surface area contributed by atoms with Crippen LogP contribution >= 0.6 is 70.1 Å². The summed E-state index contributed by atoms with van der Waals surface area (Å²) >= 11 is -2.65. The topological polar surface area (TPSA) is 46.7 Å². The van der Waals surface area contributed by atoms with Crippen molar-refractivity contribution < 1.29 is 0 Å². The monoisotopic (exact) mass is 1170 g/mol. The Morgan fingerprint density at radius 1 is 0.417 bits per heavy atom. The molecular formula is C41H80Cl7Ge3N9. The van der Waals surface area contributed by atoms with Crippen LogP contribution in [0.2, 0.25) is 0 Å². The molecule has 0 aliphatic rings. The van der Waals surface area contributed by atoms with E-state index >= 15 is 0 Å². The second-order valence-corrected chi connectivity index (χ2v) is 57.4. The van der Waals surface area contributed by atoms with E-state index in [9.17, 15) is 0 Å². The van der Waals surface area contributed by atoms with E-state index in [2.05, 4.69) is 157 Å². The van der Waals surface area contributed by atoms with Crippen LogP contribution in [-0.4, -0.2) is 173 Å². The number of hydrogen-bond donors (Lipinski definition) is 2. The van der Waals surface area contributed by atoms with E-state index in [-0.39, 0.29) is 0 Å². The Bertz CT molecular complexity index is 1290. The Labute approximate surface area is 406 Å². The summed E-state index contributed by atoms with van der Waals surface area (Å²) < 4.78 is 11.4. The summed E-state index contributed by atoms with van der Waals surface area (Å²) in [6.45, 7) is 20.2. The number of benzene rings is 3. The Morgan fingerprint density at radius 2 is 0.650 bits per heavy atom. The average molecular weight is 1170 g/mol. The van der Waals surface area contributed by atoms with E-state index in [0.29, 0.717) is 0 Å². The molecule has 0 heterocycles. The van der Waals surface area contributed by atoms with Crippen molar-refractivity contribution in [1.29, 1.82) is 0 Å². The molecule has 0 unspecified atom stereocenters. The first-order valence-electron chi connectivity index (χ1n) is 20.1. The summed E-state index contributed by atoms with van der Waals surface area (Å²) in [4.78, 5) is 4.75. The SMILES string of the molecule is CCN(CC)CC.CCN(CC)CC.CNC.CNc1ccccc1.C[N](C)[Ge]([N](C)C)([N](C)C)[N](C)c1ccccc1.C[N](c1ccccc1)[Ge]([Cl])([Cl])[Cl].[Cl][Ge]([Cl])([Cl])[Cl]. The van der Waals surface area contributed by atoms with Gasteiger partial charge >= 0.3 is 252 Å². The molecule has 60 heavy (non-hydrogen) atoms. The number of hydrogen-bond acceptors (Lipinski definition) is 9. The third-order valence-electron chi connectivity index (χ3n) is 8.66. The number of para-hydroxylation sites is 3. The fourth-order valence-electron chi connectivity index (χ4n) is 5.67. The number of anilines is 3. The standard InChI is InChI=1S/C13H26GeN4.C7H8Cl3GeN.C7H9N.2C6H15N.C2H7N.Cl4Ge/c1-15(2)14(16(3)4,17(5)6)18(7)13-11-9-8-10-12-13;1-12(11(8,9)10)7-5-3-2-4-6-7;1-8-7-5-3-2-4-6-7;2*1-4-7(5-2)6-3;1-3-2;1-5(2,3)4/h8-12H,1-7H3;2-6H,1H3;2-6,8H,1H3;2*4-6H2,1-3H3;3H,1-2H3;. The first kappa shape index (κ1) is 67.1.